The summed E-state index contributed by atoms with van der Waals surface area (Å²) in [6, 6.07) is 0. The van der Waals surface area contributed by atoms with Crippen LogP contribution in [-0.2, 0) is 17.2 Å². The zero-order valence-electron chi connectivity index (χ0n) is 8.82. The number of nitrogens with zero attached hydrogens (tertiary/aromatic N) is 4. The van der Waals surface area contributed by atoms with Gasteiger partial charge in [-0.15, -0.1) is 16.7 Å². The lowest BCUT2D eigenvalue weighted by molar-refractivity contribution is 0.0132. The molecule has 0 aromatic carbocycles. The monoisotopic (exact) mass is 230 g/mol. The highest BCUT2D eigenvalue weighted by atomic mass is 35.5. The van der Waals surface area contributed by atoms with Gasteiger partial charge in [0.25, 0.3) is 0 Å². The van der Waals surface area contributed by atoms with Crippen molar-refractivity contribution >= 4 is 11.6 Å². The number of tetrazole rings is 1. The molecule has 84 valence electrons. The summed E-state index contributed by atoms with van der Waals surface area (Å²) in [7, 11) is 0. The predicted octanol–water partition coefficient (Wildman–Crippen LogP) is 1.23. The van der Waals surface area contributed by atoms with E-state index in [2.05, 4.69) is 22.4 Å². The van der Waals surface area contributed by atoms with Crippen LogP contribution in [0.5, 0.6) is 0 Å². The summed E-state index contributed by atoms with van der Waals surface area (Å²) >= 11 is 5.75. The Morgan fingerprint density at radius 2 is 2.20 bits per heavy atom. The number of hydrogen-bond acceptors (Lipinski definition) is 4. The molecule has 0 saturated carbocycles. The van der Waals surface area contributed by atoms with Crippen LogP contribution < -0.4 is 0 Å². The van der Waals surface area contributed by atoms with Crippen molar-refractivity contribution < 1.29 is 4.74 Å². The van der Waals surface area contributed by atoms with E-state index in [-0.39, 0.29) is 5.41 Å². The maximum atomic E-state index is 5.75. The summed E-state index contributed by atoms with van der Waals surface area (Å²) in [6.07, 6.45) is 2.10. The van der Waals surface area contributed by atoms with E-state index < -0.39 is 0 Å². The lowest BCUT2D eigenvalue weighted by Gasteiger charge is -2.33. The van der Waals surface area contributed by atoms with Crippen molar-refractivity contribution in [2.24, 2.45) is 5.41 Å². The molecule has 2 heterocycles. The van der Waals surface area contributed by atoms with Gasteiger partial charge in [-0.3, -0.25) is 0 Å². The highest BCUT2D eigenvalue weighted by Gasteiger charge is 2.29. The Kier molecular flexibility index (Phi) is 3.21. The van der Waals surface area contributed by atoms with Crippen LogP contribution in [0.25, 0.3) is 0 Å². The molecule has 0 aliphatic carbocycles. The highest BCUT2D eigenvalue weighted by Crippen LogP contribution is 2.31. The summed E-state index contributed by atoms with van der Waals surface area (Å²) in [6.45, 7) is 4.73. The molecule has 15 heavy (non-hydrogen) atoms. The Bertz CT molecular complexity index is 322. The quantitative estimate of drug-likeness (QED) is 0.733. The molecule has 2 rings (SSSR count). The summed E-state index contributed by atoms with van der Waals surface area (Å²) in [4.78, 5) is 0. The second kappa shape index (κ2) is 4.45. The number of aromatic nitrogens is 4. The van der Waals surface area contributed by atoms with Gasteiger partial charge in [0.2, 0.25) is 0 Å². The van der Waals surface area contributed by atoms with Crippen molar-refractivity contribution in [2.75, 3.05) is 13.2 Å². The van der Waals surface area contributed by atoms with Crippen LogP contribution in [0.1, 0.15) is 25.6 Å². The molecule has 0 spiro atoms. The lowest BCUT2D eigenvalue weighted by Crippen LogP contribution is -2.31. The molecule has 0 atom stereocenters. The van der Waals surface area contributed by atoms with Gasteiger partial charge >= 0.3 is 0 Å². The molecule has 1 fully saturated rings. The van der Waals surface area contributed by atoms with Gasteiger partial charge < -0.3 is 4.74 Å². The highest BCUT2D eigenvalue weighted by molar-refractivity contribution is 6.16. The lowest BCUT2D eigenvalue weighted by atomic mass is 9.82. The van der Waals surface area contributed by atoms with Crippen LogP contribution in [0.2, 0.25) is 0 Å². The van der Waals surface area contributed by atoms with Crippen LogP contribution in [0.15, 0.2) is 0 Å². The maximum absolute atomic E-state index is 5.75. The number of halogens is 1. The first kappa shape index (κ1) is 10.8. The van der Waals surface area contributed by atoms with Crippen molar-refractivity contribution in [2.45, 2.75) is 32.2 Å². The molecule has 1 aliphatic heterocycles. The molecule has 1 aliphatic rings. The number of hydrogen-bond donors (Lipinski definition) is 0. The molecule has 0 amide bonds. The van der Waals surface area contributed by atoms with E-state index in [1.54, 1.807) is 4.68 Å². The van der Waals surface area contributed by atoms with Crippen molar-refractivity contribution in [1.29, 1.82) is 0 Å². The van der Waals surface area contributed by atoms with Crippen LogP contribution in [0.4, 0.5) is 0 Å². The Balaban J connectivity index is 2.06. The molecular formula is C9H15ClN4O. The Hall–Kier alpha value is -0.680. The van der Waals surface area contributed by atoms with Crippen molar-refractivity contribution in [3.8, 4) is 0 Å². The second-order valence-electron chi connectivity index (χ2n) is 4.31. The topological polar surface area (TPSA) is 52.8 Å². The largest absolute Gasteiger partial charge is 0.381 e. The van der Waals surface area contributed by atoms with Crippen LogP contribution >= 0.6 is 11.6 Å². The molecule has 1 aromatic heterocycles. The SMILES string of the molecule is CC1(Cn2nnnc2CCl)CCOCC1. The normalized spacial score (nSPS) is 20.4. The number of alkyl halides is 1. The summed E-state index contributed by atoms with van der Waals surface area (Å²) in [5.74, 6) is 1.10. The molecule has 0 N–H and O–H groups in total. The summed E-state index contributed by atoms with van der Waals surface area (Å²) in [5, 5.41) is 11.5. The minimum Gasteiger partial charge on any atom is -0.381 e. The molecule has 1 aromatic rings. The van der Waals surface area contributed by atoms with E-state index in [4.69, 9.17) is 16.3 Å². The molecule has 0 bridgehead atoms. The average Bonchev–Trinajstić information content (AvgIpc) is 2.65. The van der Waals surface area contributed by atoms with Gasteiger partial charge in [0.1, 0.15) is 0 Å². The van der Waals surface area contributed by atoms with Gasteiger partial charge in [-0.25, -0.2) is 4.68 Å². The van der Waals surface area contributed by atoms with Gasteiger partial charge in [-0.1, -0.05) is 6.92 Å². The standard InChI is InChI=1S/C9H15ClN4O/c1-9(2-4-15-5-3-9)7-14-8(6-10)11-12-13-14/h2-7H2,1H3. The predicted molar refractivity (Wildman–Crippen MR) is 55.5 cm³/mol. The average molecular weight is 231 g/mol. The molecule has 0 radical (unpaired) electrons. The number of ether oxygens (including phenoxy) is 1. The third-order valence-corrected chi connectivity index (χ3v) is 3.20. The second-order valence-corrected chi connectivity index (χ2v) is 4.58. The molecule has 0 unspecified atom stereocenters. The van der Waals surface area contributed by atoms with Gasteiger partial charge in [-0.05, 0) is 28.7 Å². The smallest absolute Gasteiger partial charge is 0.166 e. The maximum Gasteiger partial charge on any atom is 0.166 e. The van der Waals surface area contributed by atoms with Gasteiger partial charge in [0.15, 0.2) is 5.82 Å². The Labute approximate surface area is 93.7 Å². The fourth-order valence-electron chi connectivity index (χ4n) is 1.83. The molecule has 5 nitrogen and oxygen atoms in total. The van der Waals surface area contributed by atoms with Crippen molar-refractivity contribution in [3.05, 3.63) is 5.82 Å². The molecule has 6 heteroatoms. The van der Waals surface area contributed by atoms with E-state index in [0.717, 1.165) is 38.4 Å². The van der Waals surface area contributed by atoms with Crippen molar-refractivity contribution in [1.82, 2.24) is 20.2 Å². The summed E-state index contributed by atoms with van der Waals surface area (Å²) < 4.78 is 7.16. The first-order chi connectivity index (χ1) is 7.23. The first-order valence-electron chi connectivity index (χ1n) is 5.12. The van der Waals surface area contributed by atoms with Gasteiger partial charge in [-0.2, -0.15) is 0 Å². The fraction of sp³-hybridized carbons (Fsp3) is 0.889. The third-order valence-electron chi connectivity index (χ3n) is 2.96. The first-order valence-corrected chi connectivity index (χ1v) is 5.66. The van der Waals surface area contributed by atoms with E-state index in [1.165, 1.54) is 0 Å². The zero-order chi connectivity index (χ0) is 10.7. The Morgan fingerprint density at radius 3 is 2.87 bits per heavy atom. The van der Waals surface area contributed by atoms with E-state index in [9.17, 15) is 0 Å². The fourth-order valence-corrected chi connectivity index (χ4v) is 2.02. The van der Waals surface area contributed by atoms with E-state index in [1.807, 2.05) is 0 Å². The van der Waals surface area contributed by atoms with E-state index >= 15 is 0 Å². The van der Waals surface area contributed by atoms with Crippen LogP contribution in [0.3, 0.4) is 0 Å². The number of rotatable bonds is 3. The van der Waals surface area contributed by atoms with Crippen LogP contribution in [-0.4, -0.2) is 33.4 Å². The molecule has 1 saturated heterocycles. The van der Waals surface area contributed by atoms with Crippen molar-refractivity contribution in [3.63, 3.8) is 0 Å². The molecular weight excluding hydrogens is 216 g/mol. The minimum absolute atomic E-state index is 0.231. The van der Waals surface area contributed by atoms with Crippen LogP contribution in [0, 0.1) is 5.41 Å². The van der Waals surface area contributed by atoms with Gasteiger partial charge in [0, 0.05) is 13.2 Å². The third kappa shape index (κ3) is 2.46. The minimum atomic E-state index is 0.231. The van der Waals surface area contributed by atoms with Gasteiger partial charge in [0.05, 0.1) is 12.4 Å². The van der Waals surface area contributed by atoms with E-state index in [0.29, 0.717) is 5.88 Å². The Morgan fingerprint density at radius 1 is 1.47 bits per heavy atom. The summed E-state index contributed by atoms with van der Waals surface area (Å²) in [5.41, 5.74) is 0.231. The zero-order valence-corrected chi connectivity index (χ0v) is 9.57.